The summed E-state index contributed by atoms with van der Waals surface area (Å²) < 4.78 is 5.22. The maximum Gasteiger partial charge on any atom is 0.245 e. The van der Waals surface area contributed by atoms with Gasteiger partial charge in [-0.15, -0.1) is 0 Å². The summed E-state index contributed by atoms with van der Waals surface area (Å²) in [5.41, 5.74) is 0. The molecule has 5 nitrogen and oxygen atoms in total. The number of carbonyl (C=O) groups is 2. The van der Waals surface area contributed by atoms with E-state index in [9.17, 15) is 9.59 Å². The molecule has 1 N–H and O–H groups in total. The fourth-order valence-corrected chi connectivity index (χ4v) is 2.07. The van der Waals surface area contributed by atoms with Crippen LogP contribution in [0.5, 0.6) is 0 Å². The van der Waals surface area contributed by atoms with E-state index in [1.165, 1.54) is 0 Å². The molecular formula is C13H18N2O3. The van der Waals surface area contributed by atoms with Crippen LogP contribution in [0.25, 0.3) is 0 Å². The number of piperazine rings is 1. The lowest BCUT2D eigenvalue weighted by Gasteiger charge is -2.34. The summed E-state index contributed by atoms with van der Waals surface area (Å²) in [6, 6.07) is 3.29. The molecule has 98 valence electrons. The third-order valence-corrected chi connectivity index (χ3v) is 3.10. The first kappa shape index (κ1) is 12.7. The van der Waals surface area contributed by atoms with Crippen LogP contribution >= 0.6 is 0 Å². The van der Waals surface area contributed by atoms with E-state index < -0.39 is 6.04 Å². The van der Waals surface area contributed by atoms with E-state index >= 15 is 0 Å². The number of hydrogen-bond donors (Lipinski definition) is 1. The second-order valence-corrected chi connectivity index (χ2v) is 4.88. The smallest absolute Gasteiger partial charge is 0.245 e. The largest absolute Gasteiger partial charge is 0.469 e. The van der Waals surface area contributed by atoms with Gasteiger partial charge in [-0.05, 0) is 18.1 Å². The molecular weight excluding hydrogens is 232 g/mol. The van der Waals surface area contributed by atoms with Crippen LogP contribution < -0.4 is 5.32 Å². The summed E-state index contributed by atoms with van der Waals surface area (Å²) >= 11 is 0. The molecule has 2 amide bonds. The summed E-state index contributed by atoms with van der Waals surface area (Å²) in [6.45, 7) is 4.52. The SMILES string of the molecule is CC(C)C1NC(=O)CN(CCc2ccco2)C1=O. The zero-order valence-corrected chi connectivity index (χ0v) is 10.7. The number of hydrogen-bond acceptors (Lipinski definition) is 3. The van der Waals surface area contributed by atoms with E-state index in [4.69, 9.17) is 4.42 Å². The van der Waals surface area contributed by atoms with Crippen molar-refractivity contribution in [2.24, 2.45) is 5.92 Å². The fraction of sp³-hybridized carbons (Fsp3) is 0.538. The fourth-order valence-electron chi connectivity index (χ4n) is 2.07. The molecule has 0 radical (unpaired) electrons. The highest BCUT2D eigenvalue weighted by atomic mass is 16.3. The molecule has 0 spiro atoms. The van der Waals surface area contributed by atoms with Crippen molar-refractivity contribution in [1.29, 1.82) is 0 Å². The summed E-state index contributed by atoms with van der Waals surface area (Å²) in [4.78, 5) is 25.3. The predicted molar refractivity (Wildman–Crippen MR) is 65.8 cm³/mol. The van der Waals surface area contributed by atoms with Gasteiger partial charge in [-0.2, -0.15) is 0 Å². The zero-order chi connectivity index (χ0) is 13.1. The van der Waals surface area contributed by atoms with Crippen molar-refractivity contribution < 1.29 is 14.0 Å². The normalized spacial score (nSPS) is 20.4. The zero-order valence-electron chi connectivity index (χ0n) is 10.7. The number of nitrogens with zero attached hydrogens (tertiary/aromatic N) is 1. The van der Waals surface area contributed by atoms with E-state index in [2.05, 4.69) is 5.32 Å². The molecule has 1 atom stereocenters. The van der Waals surface area contributed by atoms with Crippen molar-refractivity contribution >= 4 is 11.8 Å². The molecule has 18 heavy (non-hydrogen) atoms. The van der Waals surface area contributed by atoms with Crippen molar-refractivity contribution in [1.82, 2.24) is 10.2 Å². The highest BCUT2D eigenvalue weighted by Gasteiger charge is 2.34. The second kappa shape index (κ2) is 5.25. The van der Waals surface area contributed by atoms with Crippen LogP contribution in [-0.2, 0) is 16.0 Å². The lowest BCUT2D eigenvalue weighted by Crippen LogP contribution is -2.60. The molecule has 1 saturated heterocycles. The molecule has 0 bridgehead atoms. The van der Waals surface area contributed by atoms with Crippen LogP contribution in [0.2, 0.25) is 0 Å². The Kier molecular flexibility index (Phi) is 3.69. The van der Waals surface area contributed by atoms with Crippen LogP contribution in [0.1, 0.15) is 19.6 Å². The van der Waals surface area contributed by atoms with E-state index in [0.717, 1.165) is 5.76 Å². The molecule has 2 rings (SSSR count). The Hall–Kier alpha value is -1.78. The number of carbonyl (C=O) groups excluding carboxylic acids is 2. The van der Waals surface area contributed by atoms with Crippen LogP contribution in [0.4, 0.5) is 0 Å². The molecule has 5 heteroatoms. The second-order valence-electron chi connectivity index (χ2n) is 4.88. The van der Waals surface area contributed by atoms with Crippen LogP contribution in [0.3, 0.4) is 0 Å². The van der Waals surface area contributed by atoms with Gasteiger partial charge in [0.2, 0.25) is 11.8 Å². The number of nitrogens with one attached hydrogen (secondary N) is 1. The Morgan fingerprint density at radius 2 is 2.28 bits per heavy atom. The lowest BCUT2D eigenvalue weighted by molar-refractivity contribution is -0.145. The molecule has 2 heterocycles. The summed E-state index contributed by atoms with van der Waals surface area (Å²) in [5.74, 6) is 0.839. The third-order valence-electron chi connectivity index (χ3n) is 3.10. The first-order valence-corrected chi connectivity index (χ1v) is 6.18. The number of amides is 2. The van der Waals surface area contributed by atoms with Gasteiger partial charge in [0.05, 0.1) is 12.8 Å². The van der Waals surface area contributed by atoms with Crippen molar-refractivity contribution in [3.8, 4) is 0 Å². The van der Waals surface area contributed by atoms with Crippen molar-refractivity contribution in [2.75, 3.05) is 13.1 Å². The first-order valence-electron chi connectivity index (χ1n) is 6.18. The lowest BCUT2D eigenvalue weighted by atomic mass is 10.0. The standard InChI is InChI=1S/C13H18N2O3/c1-9(2)12-13(17)15(8-11(16)14-12)6-5-10-4-3-7-18-10/h3-4,7,9,12H,5-6,8H2,1-2H3,(H,14,16). The van der Waals surface area contributed by atoms with Crippen molar-refractivity contribution in [3.05, 3.63) is 24.2 Å². The van der Waals surface area contributed by atoms with Gasteiger partial charge >= 0.3 is 0 Å². The minimum absolute atomic E-state index is 0.00356. The Morgan fingerprint density at radius 3 is 2.89 bits per heavy atom. The summed E-state index contributed by atoms with van der Waals surface area (Å²) in [7, 11) is 0. The maximum atomic E-state index is 12.2. The third kappa shape index (κ3) is 2.72. The maximum absolute atomic E-state index is 12.2. The monoisotopic (exact) mass is 250 g/mol. The topological polar surface area (TPSA) is 62.6 Å². The van der Waals surface area contributed by atoms with Gasteiger partial charge in [0.15, 0.2) is 0 Å². The molecule has 0 aliphatic carbocycles. The minimum Gasteiger partial charge on any atom is -0.469 e. The molecule has 0 saturated carbocycles. The van der Waals surface area contributed by atoms with E-state index in [-0.39, 0.29) is 24.3 Å². The summed E-state index contributed by atoms with van der Waals surface area (Å²) in [5, 5.41) is 2.74. The van der Waals surface area contributed by atoms with Gasteiger partial charge in [0, 0.05) is 13.0 Å². The summed E-state index contributed by atoms with van der Waals surface area (Å²) in [6.07, 6.45) is 2.24. The van der Waals surface area contributed by atoms with E-state index in [1.54, 1.807) is 11.2 Å². The van der Waals surface area contributed by atoms with E-state index in [0.29, 0.717) is 13.0 Å². The molecule has 1 aromatic rings. The predicted octanol–water partition coefficient (Wildman–Crippen LogP) is 0.805. The minimum atomic E-state index is -0.400. The quantitative estimate of drug-likeness (QED) is 0.860. The van der Waals surface area contributed by atoms with Crippen molar-refractivity contribution in [2.45, 2.75) is 26.3 Å². The van der Waals surface area contributed by atoms with Gasteiger partial charge in [0.25, 0.3) is 0 Å². The number of rotatable bonds is 4. The molecule has 1 aliphatic heterocycles. The number of furan rings is 1. The van der Waals surface area contributed by atoms with Crippen molar-refractivity contribution in [3.63, 3.8) is 0 Å². The molecule has 0 aromatic carbocycles. The van der Waals surface area contributed by atoms with Crippen LogP contribution in [-0.4, -0.2) is 35.8 Å². The Labute approximate surface area is 106 Å². The Morgan fingerprint density at radius 1 is 1.50 bits per heavy atom. The highest BCUT2D eigenvalue weighted by Crippen LogP contribution is 2.12. The molecule has 1 unspecified atom stereocenters. The van der Waals surface area contributed by atoms with Gasteiger partial charge in [-0.3, -0.25) is 9.59 Å². The average molecular weight is 250 g/mol. The van der Waals surface area contributed by atoms with Crippen LogP contribution in [0, 0.1) is 5.92 Å². The first-order chi connectivity index (χ1) is 8.58. The Bertz CT molecular complexity index is 425. The van der Waals surface area contributed by atoms with Gasteiger partial charge in [-0.25, -0.2) is 0 Å². The Balaban J connectivity index is 1.98. The highest BCUT2D eigenvalue weighted by molar-refractivity contribution is 5.94. The van der Waals surface area contributed by atoms with Gasteiger partial charge < -0.3 is 14.6 Å². The van der Waals surface area contributed by atoms with Crippen LogP contribution in [0.15, 0.2) is 22.8 Å². The average Bonchev–Trinajstić information content (AvgIpc) is 2.82. The molecule has 1 aliphatic rings. The van der Waals surface area contributed by atoms with Gasteiger partial charge in [-0.1, -0.05) is 13.8 Å². The van der Waals surface area contributed by atoms with Gasteiger partial charge in [0.1, 0.15) is 11.8 Å². The molecule has 1 aromatic heterocycles. The van der Waals surface area contributed by atoms with E-state index in [1.807, 2.05) is 26.0 Å². The molecule has 1 fully saturated rings.